The van der Waals surface area contributed by atoms with Gasteiger partial charge in [0, 0.05) is 12.8 Å². The molecule has 0 saturated carbocycles. The van der Waals surface area contributed by atoms with Crippen molar-refractivity contribution in [2.75, 3.05) is 6.54 Å². The molecule has 1 atom stereocenters. The van der Waals surface area contributed by atoms with Crippen molar-refractivity contribution in [2.24, 2.45) is 11.7 Å². The topological polar surface area (TPSA) is 43.1 Å². The van der Waals surface area contributed by atoms with E-state index in [1.807, 2.05) is 19.1 Å². The molecule has 0 amide bonds. The first kappa shape index (κ1) is 12.9. The van der Waals surface area contributed by atoms with E-state index in [0.717, 1.165) is 12.0 Å². The molecule has 16 heavy (non-hydrogen) atoms. The monoisotopic (exact) mass is 219 g/mol. The van der Waals surface area contributed by atoms with Gasteiger partial charge < -0.3 is 5.73 Å². The van der Waals surface area contributed by atoms with Crippen LogP contribution in [0.1, 0.15) is 31.4 Å². The van der Waals surface area contributed by atoms with Crippen molar-refractivity contribution in [3.05, 3.63) is 35.4 Å². The van der Waals surface area contributed by atoms with E-state index in [2.05, 4.69) is 19.1 Å². The predicted octanol–water partition coefficient (Wildman–Crippen LogP) is 2.35. The van der Waals surface area contributed by atoms with E-state index in [1.54, 1.807) is 0 Å². The minimum absolute atomic E-state index is 0.280. The zero-order valence-electron chi connectivity index (χ0n) is 10.2. The maximum absolute atomic E-state index is 11.7. The van der Waals surface area contributed by atoms with Crippen molar-refractivity contribution >= 4 is 5.78 Å². The maximum atomic E-state index is 11.7. The summed E-state index contributed by atoms with van der Waals surface area (Å²) in [5.74, 6) is 0.574. The number of carbonyl (C=O) groups is 1. The highest BCUT2D eigenvalue weighted by atomic mass is 16.1. The van der Waals surface area contributed by atoms with Gasteiger partial charge in [0.15, 0.2) is 0 Å². The predicted molar refractivity (Wildman–Crippen MR) is 67.4 cm³/mol. The molecular weight excluding hydrogens is 198 g/mol. The van der Waals surface area contributed by atoms with Crippen LogP contribution in [0.4, 0.5) is 0 Å². The summed E-state index contributed by atoms with van der Waals surface area (Å²) in [4.78, 5) is 11.7. The summed E-state index contributed by atoms with van der Waals surface area (Å²) in [5.41, 5.74) is 7.91. The maximum Gasteiger partial charge on any atom is 0.137 e. The molecule has 0 heterocycles. The summed E-state index contributed by atoms with van der Waals surface area (Å²) in [6.07, 6.45) is 2.17. The fraction of sp³-hybridized carbons (Fsp3) is 0.500. The Balaban J connectivity index is 2.49. The van der Waals surface area contributed by atoms with Crippen molar-refractivity contribution in [3.63, 3.8) is 0 Å². The first-order valence-electron chi connectivity index (χ1n) is 5.95. The molecule has 0 aromatic heterocycles. The van der Waals surface area contributed by atoms with Gasteiger partial charge in [-0.1, -0.05) is 38.1 Å². The van der Waals surface area contributed by atoms with Crippen molar-refractivity contribution in [3.8, 4) is 0 Å². The highest BCUT2D eigenvalue weighted by Gasteiger charge is 2.08. The third-order valence-electron chi connectivity index (χ3n) is 2.81. The van der Waals surface area contributed by atoms with Gasteiger partial charge in [-0.15, -0.1) is 0 Å². The number of hydrogen-bond acceptors (Lipinski definition) is 2. The standard InChI is InChI=1S/C14H21NO/c1-3-12-4-6-13(7-5-12)9-14(16)8-11(2)10-15/h4-7,11H,3,8-10,15H2,1-2H3. The number of rotatable bonds is 6. The van der Waals surface area contributed by atoms with Gasteiger partial charge in [0.05, 0.1) is 0 Å². The van der Waals surface area contributed by atoms with Gasteiger partial charge in [-0.2, -0.15) is 0 Å². The van der Waals surface area contributed by atoms with Crippen LogP contribution in [0, 0.1) is 5.92 Å². The van der Waals surface area contributed by atoms with Crippen LogP contribution >= 0.6 is 0 Å². The molecule has 2 N–H and O–H groups in total. The van der Waals surface area contributed by atoms with E-state index in [9.17, 15) is 4.79 Å². The highest BCUT2D eigenvalue weighted by molar-refractivity contribution is 5.81. The lowest BCUT2D eigenvalue weighted by atomic mass is 9.99. The Labute approximate surface area is 97.9 Å². The molecule has 0 aliphatic carbocycles. The smallest absolute Gasteiger partial charge is 0.137 e. The Kier molecular flexibility index (Phi) is 5.20. The molecule has 0 aliphatic heterocycles. The highest BCUT2D eigenvalue weighted by Crippen LogP contribution is 2.09. The molecule has 0 spiro atoms. The van der Waals surface area contributed by atoms with Gasteiger partial charge in [-0.25, -0.2) is 0 Å². The van der Waals surface area contributed by atoms with Gasteiger partial charge in [-0.3, -0.25) is 4.79 Å². The molecule has 1 rings (SSSR count). The third kappa shape index (κ3) is 4.15. The van der Waals surface area contributed by atoms with Gasteiger partial charge in [0.25, 0.3) is 0 Å². The van der Waals surface area contributed by atoms with Crippen LogP contribution in [-0.2, 0) is 17.6 Å². The molecule has 2 nitrogen and oxygen atoms in total. The van der Waals surface area contributed by atoms with Crippen LogP contribution in [0.15, 0.2) is 24.3 Å². The Morgan fingerprint density at radius 2 is 1.81 bits per heavy atom. The van der Waals surface area contributed by atoms with Crippen LogP contribution in [-0.4, -0.2) is 12.3 Å². The van der Waals surface area contributed by atoms with Gasteiger partial charge in [0.1, 0.15) is 5.78 Å². The van der Waals surface area contributed by atoms with E-state index < -0.39 is 0 Å². The number of Topliss-reactive ketones (excluding diaryl/α,β-unsaturated/α-hetero) is 1. The molecule has 0 aliphatic rings. The van der Waals surface area contributed by atoms with E-state index >= 15 is 0 Å². The van der Waals surface area contributed by atoms with Crippen molar-refractivity contribution in [2.45, 2.75) is 33.1 Å². The molecule has 0 radical (unpaired) electrons. The Bertz CT molecular complexity index is 329. The molecule has 88 valence electrons. The lowest BCUT2D eigenvalue weighted by Gasteiger charge is -2.07. The summed E-state index contributed by atoms with van der Waals surface area (Å²) in [6, 6.07) is 8.28. The second-order valence-electron chi connectivity index (χ2n) is 4.43. The second-order valence-corrected chi connectivity index (χ2v) is 4.43. The molecule has 0 bridgehead atoms. The van der Waals surface area contributed by atoms with Gasteiger partial charge in [-0.05, 0) is 30.0 Å². The van der Waals surface area contributed by atoms with Crippen molar-refractivity contribution in [1.82, 2.24) is 0 Å². The van der Waals surface area contributed by atoms with Crippen LogP contribution < -0.4 is 5.73 Å². The summed E-state index contributed by atoms with van der Waals surface area (Å²) in [5, 5.41) is 0. The summed E-state index contributed by atoms with van der Waals surface area (Å²) < 4.78 is 0. The van der Waals surface area contributed by atoms with Crippen molar-refractivity contribution < 1.29 is 4.79 Å². The normalized spacial score (nSPS) is 12.4. The zero-order chi connectivity index (χ0) is 12.0. The average Bonchev–Trinajstić information content (AvgIpc) is 2.29. The number of nitrogens with two attached hydrogens (primary N) is 1. The Morgan fingerprint density at radius 3 is 2.31 bits per heavy atom. The molecule has 1 aromatic carbocycles. The van der Waals surface area contributed by atoms with Crippen LogP contribution in [0.5, 0.6) is 0 Å². The molecular formula is C14H21NO. The largest absolute Gasteiger partial charge is 0.330 e. The summed E-state index contributed by atoms with van der Waals surface area (Å²) >= 11 is 0. The fourth-order valence-corrected chi connectivity index (χ4v) is 1.66. The van der Waals surface area contributed by atoms with E-state index in [4.69, 9.17) is 5.73 Å². The first-order chi connectivity index (χ1) is 7.65. The fourth-order valence-electron chi connectivity index (χ4n) is 1.66. The van der Waals surface area contributed by atoms with Crippen LogP contribution in [0.2, 0.25) is 0 Å². The van der Waals surface area contributed by atoms with Gasteiger partial charge in [0.2, 0.25) is 0 Å². The van der Waals surface area contributed by atoms with E-state index in [-0.39, 0.29) is 5.78 Å². The quantitative estimate of drug-likeness (QED) is 0.798. The molecule has 0 fully saturated rings. The number of ketones is 1. The third-order valence-corrected chi connectivity index (χ3v) is 2.81. The zero-order valence-corrected chi connectivity index (χ0v) is 10.2. The van der Waals surface area contributed by atoms with Crippen LogP contribution in [0.3, 0.4) is 0 Å². The SMILES string of the molecule is CCc1ccc(CC(=O)CC(C)CN)cc1. The first-order valence-corrected chi connectivity index (χ1v) is 5.95. The summed E-state index contributed by atoms with van der Waals surface area (Å²) in [7, 11) is 0. The van der Waals surface area contributed by atoms with E-state index in [1.165, 1.54) is 5.56 Å². The lowest BCUT2D eigenvalue weighted by Crippen LogP contribution is -2.16. The number of hydrogen-bond donors (Lipinski definition) is 1. The number of aryl methyl sites for hydroxylation is 1. The summed E-state index contributed by atoms with van der Waals surface area (Å²) in [6.45, 7) is 4.72. The molecule has 0 saturated heterocycles. The minimum atomic E-state index is 0.280. The Hall–Kier alpha value is -1.15. The van der Waals surface area contributed by atoms with Crippen molar-refractivity contribution in [1.29, 1.82) is 0 Å². The number of carbonyl (C=O) groups excluding carboxylic acids is 1. The van der Waals surface area contributed by atoms with Gasteiger partial charge >= 0.3 is 0 Å². The second kappa shape index (κ2) is 6.44. The molecule has 1 unspecified atom stereocenters. The lowest BCUT2D eigenvalue weighted by molar-refractivity contribution is -0.119. The number of benzene rings is 1. The van der Waals surface area contributed by atoms with Crippen LogP contribution in [0.25, 0.3) is 0 Å². The van der Waals surface area contributed by atoms with E-state index in [0.29, 0.717) is 25.3 Å². The Morgan fingerprint density at radius 1 is 1.25 bits per heavy atom. The molecule has 2 heteroatoms. The molecule has 1 aromatic rings. The average molecular weight is 219 g/mol. The minimum Gasteiger partial charge on any atom is -0.330 e.